The Labute approximate surface area is 142 Å². The van der Waals surface area contributed by atoms with E-state index in [9.17, 15) is 35.4 Å². The summed E-state index contributed by atoms with van der Waals surface area (Å²) in [5.41, 5.74) is 0. The molecule has 1 saturated heterocycles. The van der Waals surface area contributed by atoms with Crippen LogP contribution in [0.1, 0.15) is 0 Å². The van der Waals surface area contributed by atoms with Crippen LogP contribution in [0, 0.1) is 0 Å². The molecule has 1 fully saturated rings. The first-order valence-corrected chi connectivity index (χ1v) is 7.38. The summed E-state index contributed by atoms with van der Waals surface area (Å²) in [4.78, 5) is 11.3. The lowest BCUT2D eigenvalue weighted by Crippen LogP contribution is -2.61. The molecule has 1 heterocycles. The molecule has 9 atom stereocenters. The third-order valence-electron chi connectivity index (χ3n) is 3.81. The number of esters is 1. The zero-order valence-electron chi connectivity index (χ0n) is 13.3. The summed E-state index contributed by atoms with van der Waals surface area (Å²) >= 11 is 0. The van der Waals surface area contributed by atoms with Crippen LogP contribution in [0.4, 0.5) is 0 Å². The summed E-state index contributed by atoms with van der Waals surface area (Å²) in [5, 5.41) is 76.8. The highest BCUT2D eigenvalue weighted by Crippen LogP contribution is 2.25. The first-order chi connectivity index (χ1) is 11.7. The number of methoxy groups -OCH3 is 1. The molecular weight excluding hydrogens is 348 g/mol. The quantitative estimate of drug-likeness (QED) is 0.188. The van der Waals surface area contributed by atoms with Crippen LogP contribution in [0.2, 0.25) is 0 Å². The molecule has 12 heteroatoms. The number of carbonyl (C=O) groups excluding carboxylic acids is 1. The maximum absolute atomic E-state index is 11.3. The maximum Gasteiger partial charge on any atom is 0.337 e. The van der Waals surface area contributed by atoms with Gasteiger partial charge in [-0.2, -0.15) is 0 Å². The summed E-state index contributed by atoms with van der Waals surface area (Å²) in [6, 6.07) is 0. The predicted molar refractivity (Wildman–Crippen MR) is 75.8 cm³/mol. The van der Waals surface area contributed by atoms with Gasteiger partial charge in [0.05, 0.1) is 20.3 Å². The molecular formula is C13H24O12. The van der Waals surface area contributed by atoms with Gasteiger partial charge in [-0.1, -0.05) is 0 Å². The third kappa shape index (κ3) is 5.04. The maximum atomic E-state index is 11.3. The van der Waals surface area contributed by atoms with Gasteiger partial charge in [0, 0.05) is 0 Å². The molecule has 0 aromatic carbocycles. The Morgan fingerprint density at radius 3 is 2.16 bits per heavy atom. The van der Waals surface area contributed by atoms with E-state index in [0.29, 0.717) is 0 Å². The zero-order valence-corrected chi connectivity index (χ0v) is 13.3. The van der Waals surface area contributed by atoms with Crippen LogP contribution in [0.5, 0.6) is 0 Å². The number of carbonyl (C=O) groups is 1. The van der Waals surface area contributed by atoms with Gasteiger partial charge in [-0.25, -0.2) is 4.79 Å². The minimum Gasteiger partial charge on any atom is -0.467 e. The number of aliphatic hydroxyl groups is 8. The van der Waals surface area contributed by atoms with Crippen LogP contribution in [-0.2, 0) is 19.0 Å². The molecule has 0 saturated carbocycles. The fourth-order valence-corrected chi connectivity index (χ4v) is 2.28. The normalized spacial score (nSPS) is 34.8. The molecule has 0 bridgehead atoms. The molecule has 8 N–H and O–H groups in total. The van der Waals surface area contributed by atoms with Gasteiger partial charge in [0.1, 0.15) is 42.7 Å². The molecule has 1 aliphatic heterocycles. The highest BCUT2D eigenvalue weighted by atomic mass is 16.7. The fourth-order valence-electron chi connectivity index (χ4n) is 2.28. The van der Waals surface area contributed by atoms with Crippen LogP contribution in [0.15, 0.2) is 0 Å². The Bertz CT molecular complexity index is 418. The van der Waals surface area contributed by atoms with Gasteiger partial charge >= 0.3 is 5.97 Å². The van der Waals surface area contributed by atoms with E-state index in [2.05, 4.69) is 4.74 Å². The summed E-state index contributed by atoms with van der Waals surface area (Å²) in [6.07, 6.45) is -16.3. The fraction of sp³-hybridized carbons (Fsp3) is 0.923. The van der Waals surface area contributed by atoms with Gasteiger partial charge in [-0.15, -0.1) is 0 Å². The van der Waals surface area contributed by atoms with E-state index in [1.807, 2.05) is 0 Å². The SMILES string of the molecule is COC(=O)C(O)C(O)C(OC1OC(CO)C(O)C(O)C1O)C(O)CO. The van der Waals surface area contributed by atoms with E-state index in [4.69, 9.17) is 19.7 Å². The van der Waals surface area contributed by atoms with E-state index in [1.54, 1.807) is 0 Å². The molecule has 12 nitrogen and oxygen atoms in total. The molecule has 0 aromatic rings. The molecule has 0 amide bonds. The topological polar surface area (TPSA) is 207 Å². The van der Waals surface area contributed by atoms with Gasteiger partial charge in [-0.3, -0.25) is 0 Å². The van der Waals surface area contributed by atoms with Gasteiger partial charge < -0.3 is 55.1 Å². The Kier molecular flexibility index (Phi) is 8.56. The van der Waals surface area contributed by atoms with E-state index in [0.717, 1.165) is 7.11 Å². The van der Waals surface area contributed by atoms with Gasteiger partial charge in [-0.05, 0) is 0 Å². The summed E-state index contributed by atoms with van der Waals surface area (Å²) in [6.45, 7) is -1.70. The molecule has 0 spiro atoms. The van der Waals surface area contributed by atoms with Crippen LogP contribution in [0.25, 0.3) is 0 Å². The standard InChI is InChI=1S/C13H24O12/c1-23-12(22)9(20)8(19)11(4(16)2-14)25-13-10(21)7(18)6(17)5(3-15)24-13/h4-11,13-21H,2-3H2,1H3. The van der Waals surface area contributed by atoms with Crippen LogP contribution in [-0.4, -0.2) is 122 Å². The van der Waals surface area contributed by atoms with E-state index >= 15 is 0 Å². The molecule has 1 aliphatic rings. The molecule has 0 aliphatic carbocycles. The van der Waals surface area contributed by atoms with Crippen molar-refractivity contribution in [3.63, 3.8) is 0 Å². The Balaban J connectivity index is 2.95. The summed E-state index contributed by atoms with van der Waals surface area (Å²) in [5.74, 6) is -1.25. The predicted octanol–water partition coefficient (Wildman–Crippen LogP) is -5.58. The van der Waals surface area contributed by atoms with Crippen LogP contribution < -0.4 is 0 Å². The van der Waals surface area contributed by atoms with Gasteiger partial charge in [0.2, 0.25) is 0 Å². The minimum absolute atomic E-state index is 0.745. The van der Waals surface area contributed by atoms with Crippen molar-refractivity contribution < 1.29 is 59.9 Å². The number of hydrogen-bond donors (Lipinski definition) is 8. The molecule has 9 unspecified atom stereocenters. The third-order valence-corrected chi connectivity index (χ3v) is 3.81. The largest absolute Gasteiger partial charge is 0.467 e. The van der Waals surface area contributed by atoms with Gasteiger partial charge in [0.15, 0.2) is 12.4 Å². The monoisotopic (exact) mass is 372 g/mol. The second-order valence-electron chi connectivity index (χ2n) is 5.51. The summed E-state index contributed by atoms with van der Waals surface area (Å²) in [7, 11) is 0.939. The molecule has 0 radical (unpaired) electrons. The smallest absolute Gasteiger partial charge is 0.337 e. The van der Waals surface area contributed by atoms with E-state index in [1.165, 1.54) is 0 Å². The van der Waals surface area contributed by atoms with Gasteiger partial charge in [0.25, 0.3) is 0 Å². The van der Waals surface area contributed by atoms with Crippen LogP contribution in [0.3, 0.4) is 0 Å². The molecule has 1 rings (SSSR count). The second kappa shape index (κ2) is 9.68. The Hall–Kier alpha value is -0.930. The summed E-state index contributed by atoms with van der Waals surface area (Å²) < 4.78 is 14.4. The number of hydrogen-bond acceptors (Lipinski definition) is 12. The number of ether oxygens (including phenoxy) is 3. The Morgan fingerprint density at radius 2 is 1.68 bits per heavy atom. The van der Waals surface area contributed by atoms with E-state index in [-0.39, 0.29) is 0 Å². The van der Waals surface area contributed by atoms with Crippen molar-refractivity contribution in [3.05, 3.63) is 0 Å². The van der Waals surface area contributed by atoms with Crippen molar-refractivity contribution in [2.24, 2.45) is 0 Å². The van der Waals surface area contributed by atoms with Crippen LogP contribution >= 0.6 is 0 Å². The van der Waals surface area contributed by atoms with E-state index < -0.39 is 74.3 Å². The average molecular weight is 372 g/mol. The molecule has 25 heavy (non-hydrogen) atoms. The minimum atomic E-state index is -2.15. The number of aliphatic hydroxyl groups excluding tert-OH is 8. The molecule has 148 valence electrons. The van der Waals surface area contributed by atoms with Crippen molar-refractivity contribution in [2.75, 3.05) is 20.3 Å². The lowest BCUT2D eigenvalue weighted by Gasteiger charge is -2.42. The van der Waals surface area contributed by atoms with Crippen molar-refractivity contribution in [1.82, 2.24) is 0 Å². The zero-order chi connectivity index (χ0) is 19.3. The lowest BCUT2D eigenvalue weighted by molar-refractivity contribution is -0.326. The van der Waals surface area contributed by atoms with Crippen molar-refractivity contribution >= 4 is 5.97 Å². The average Bonchev–Trinajstić information content (AvgIpc) is 2.63. The van der Waals surface area contributed by atoms with Crippen molar-refractivity contribution in [3.8, 4) is 0 Å². The highest BCUT2D eigenvalue weighted by Gasteiger charge is 2.47. The molecule has 0 aromatic heterocycles. The van der Waals surface area contributed by atoms with Crippen molar-refractivity contribution in [1.29, 1.82) is 0 Å². The Morgan fingerprint density at radius 1 is 1.08 bits per heavy atom. The van der Waals surface area contributed by atoms with Crippen molar-refractivity contribution in [2.45, 2.75) is 55.1 Å². The first kappa shape index (κ1) is 22.1. The second-order valence-corrected chi connectivity index (χ2v) is 5.51. The number of rotatable bonds is 8. The lowest BCUT2D eigenvalue weighted by atomic mass is 9.98. The first-order valence-electron chi connectivity index (χ1n) is 7.38. The highest BCUT2D eigenvalue weighted by molar-refractivity contribution is 5.75.